The molecule has 3 N–H and O–H groups in total. The van der Waals surface area contributed by atoms with Gasteiger partial charge >= 0.3 is 5.97 Å². The Labute approximate surface area is 82.8 Å². The Morgan fingerprint density at radius 1 is 1.71 bits per heavy atom. The summed E-state index contributed by atoms with van der Waals surface area (Å²) in [7, 11) is 0. The van der Waals surface area contributed by atoms with Crippen molar-refractivity contribution in [3.05, 3.63) is 29.6 Å². The lowest BCUT2D eigenvalue weighted by atomic mass is 9.90. The number of aromatic nitrogens is 1. The van der Waals surface area contributed by atoms with Crippen molar-refractivity contribution in [1.82, 2.24) is 4.98 Å². The lowest BCUT2D eigenvalue weighted by Gasteiger charge is -2.23. The summed E-state index contributed by atoms with van der Waals surface area (Å²) in [6.45, 7) is 3.55. The van der Waals surface area contributed by atoms with Crippen molar-refractivity contribution >= 4 is 5.97 Å². The van der Waals surface area contributed by atoms with Crippen LogP contribution in [0, 0.1) is 6.92 Å². The topological polar surface area (TPSA) is 76.2 Å². The van der Waals surface area contributed by atoms with Crippen molar-refractivity contribution in [1.29, 1.82) is 0 Å². The number of aryl methyl sites for hydroxylation is 1. The Bertz CT molecular complexity index is 348. The molecule has 0 spiro atoms. The zero-order valence-corrected chi connectivity index (χ0v) is 8.32. The molecule has 0 unspecified atom stereocenters. The summed E-state index contributed by atoms with van der Waals surface area (Å²) < 4.78 is 0. The lowest BCUT2D eigenvalue weighted by Crippen LogP contribution is -2.35. The van der Waals surface area contributed by atoms with E-state index in [9.17, 15) is 4.79 Å². The second kappa shape index (κ2) is 3.75. The molecule has 0 saturated carbocycles. The normalized spacial score (nSPS) is 14.8. The molecule has 0 bridgehead atoms. The second-order valence-electron chi connectivity index (χ2n) is 3.67. The number of pyridine rings is 1. The van der Waals surface area contributed by atoms with Gasteiger partial charge in [-0.05, 0) is 31.5 Å². The number of rotatable bonds is 3. The van der Waals surface area contributed by atoms with E-state index in [1.807, 2.05) is 13.0 Å². The SMILES string of the molecule is Cc1cc([C@](C)(N)CC(=O)O)ccn1. The molecule has 0 aliphatic rings. The standard InChI is InChI=1S/C10H14N2O2/c1-7-5-8(3-4-12-7)10(2,11)6-9(13)14/h3-5H,6,11H2,1-2H3,(H,13,14)/t10-/m1/s1. The summed E-state index contributed by atoms with van der Waals surface area (Å²) in [5, 5.41) is 8.68. The smallest absolute Gasteiger partial charge is 0.305 e. The van der Waals surface area contributed by atoms with Crippen LogP contribution in [-0.2, 0) is 10.3 Å². The molecular weight excluding hydrogens is 180 g/mol. The Kier molecular flexibility index (Phi) is 2.86. The average Bonchev–Trinajstić information content (AvgIpc) is 2.01. The van der Waals surface area contributed by atoms with Crippen LogP contribution < -0.4 is 5.73 Å². The minimum absolute atomic E-state index is 0.0869. The molecule has 0 saturated heterocycles. The number of carboxylic acids is 1. The van der Waals surface area contributed by atoms with Crippen LogP contribution in [-0.4, -0.2) is 16.1 Å². The van der Waals surface area contributed by atoms with E-state index in [-0.39, 0.29) is 6.42 Å². The van der Waals surface area contributed by atoms with Crippen LogP contribution in [0.1, 0.15) is 24.6 Å². The number of nitrogens with zero attached hydrogens (tertiary/aromatic N) is 1. The highest BCUT2D eigenvalue weighted by atomic mass is 16.4. The third kappa shape index (κ3) is 2.53. The van der Waals surface area contributed by atoms with E-state index in [0.29, 0.717) is 0 Å². The Balaban J connectivity index is 2.97. The number of hydrogen-bond donors (Lipinski definition) is 2. The molecule has 0 amide bonds. The van der Waals surface area contributed by atoms with Crippen molar-refractivity contribution in [2.75, 3.05) is 0 Å². The van der Waals surface area contributed by atoms with Crippen molar-refractivity contribution in [3.63, 3.8) is 0 Å². The number of nitrogens with two attached hydrogens (primary N) is 1. The van der Waals surface area contributed by atoms with E-state index in [1.165, 1.54) is 0 Å². The van der Waals surface area contributed by atoms with Crippen LogP contribution in [0.25, 0.3) is 0 Å². The molecule has 4 nitrogen and oxygen atoms in total. The van der Waals surface area contributed by atoms with Crippen LogP contribution in [0.15, 0.2) is 18.3 Å². The second-order valence-corrected chi connectivity index (χ2v) is 3.67. The van der Waals surface area contributed by atoms with Gasteiger partial charge in [0.15, 0.2) is 0 Å². The molecule has 1 heterocycles. The Hall–Kier alpha value is -1.42. The van der Waals surface area contributed by atoms with E-state index >= 15 is 0 Å². The van der Waals surface area contributed by atoms with Crippen LogP contribution >= 0.6 is 0 Å². The van der Waals surface area contributed by atoms with Crippen molar-refractivity contribution < 1.29 is 9.90 Å². The highest BCUT2D eigenvalue weighted by Gasteiger charge is 2.24. The fourth-order valence-corrected chi connectivity index (χ4v) is 1.32. The molecule has 0 aliphatic heterocycles. The van der Waals surface area contributed by atoms with Crippen LogP contribution in [0.2, 0.25) is 0 Å². The van der Waals surface area contributed by atoms with E-state index in [0.717, 1.165) is 11.3 Å². The van der Waals surface area contributed by atoms with Gasteiger partial charge in [0.25, 0.3) is 0 Å². The van der Waals surface area contributed by atoms with Crippen molar-refractivity contribution in [2.45, 2.75) is 25.8 Å². The Morgan fingerprint density at radius 2 is 2.36 bits per heavy atom. The van der Waals surface area contributed by atoms with Gasteiger partial charge in [-0.3, -0.25) is 9.78 Å². The maximum atomic E-state index is 10.6. The average molecular weight is 194 g/mol. The number of carbonyl (C=O) groups is 1. The molecule has 0 aromatic carbocycles. The van der Waals surface area contributed by atoms with E-state index < -0.39 is 11.5 Å². The number of aliphatic carboxylic acids is 1. The predicted octanol–water partition coefficient (Wildman–Crippen LogP) is 1.04. The summed E-state index contributed by atoms with van der Waals surface area (Å²) in [5.74, 6) is -0.899. The quantitative estimate of drug-likeness (QED) is 0.753. The van der Waals surface area contributed by atoms with Gasteiger partial charge in [0.2, 0.25) is 0 Å². The fraction of sp³-hybridized carbons (Fsp3) is 0.400. The molecular formula is C10H14N2O2. The van der Waals surface area contributed by atoms with Gasteiger partial charge < -0.3 is 10.8 Å². The molecule has 1 atom stereocenters. The first kappa shape index (κ1) is 10.7. The maximum Gasteiger partial charge on any atom is 0.305 e. The number of carboxylic acid groups (broad SMARTS) is 1. The lowest BCUT2D eigenvalue weighted by molar-refractivity contribution is -0.138. The zero-order valence-electron chi connectivity index (χ0n) is 8.32. The molecule has 4 heteroatoms. The van der Waals surface area contributed by atoms with Gasteiger partial charge in [0.1, 0.15) is 0 Å². The van der Waals surface area contributed by atoms with Gasteiger partial charge in [-0.1, -0.05) is 0 Å². The summed E-state index contributed by atoms with van der Waals surface area (Å²) in [4.78, 5) is 14.6. The summed E-state index contributed by atoms with van der Waals surface area (Å²) in [6.07, 6.45) is 1.55. The van der Waals surface area contributed by atoms with Gasteiger partial charge in [0, 0.05) is 17.4 Å². The van der Waals surface area contributed by atoms with Gasteiger partial charge in [-0.15, -0.1) is 0 Å². The van der Waals surface area contributed by atoms with Crippen molar-refractivity contribution in [3.8, 4) is 0 Å². The summed E-state index contributed by atoms with van der Waals surface area (Å²) >= 11 is 0. The molecule has 1 aromatic heterocycles. The Morgan fingerprint density at radius 3 is 2.86 bits per heavy atom. The predicted molar refractivity (Wildman–Crippen MR) is 52.8 cm³/mol. The van der Waals surface area contributed by atoms with Gasteiger partial charge in [-0.25, -0.2) is 0 Å². The summed E-state index contributed by atoms with van der Waals surface area (Å²) in [6, 6.07) is 3.55. The van der Waals surface area contributed by atoms with E-state index in [4.69, 9.17) is 10.8 Å². The minimum Gasteiger partial charge on any atom is -0.481 e. The first-order valence-electron chi connectivity index (χ1n) is 4.35. The molecule has 0 radical (unpaired) electrons. The van der Waals surface area contributed by atoms with Crippen molar-refractivity contribution in [2.24, 2.45) is 5.73 Å². The first-order valence-corrected chi connectivity index (χ1v) is 4.35. The fourth-order valence-electron chi connectivity index (χ4n) is 1.32. The van der Waals surface area contributed by atoms with Crippen LogP contribution in [0.5, 0.6) is 0 Å². The molecule has 1 rings (SSSR count). The first-order chi connectivity index (χ1) is 6.42. The van der Waals surface area contributed by atoms with E-state index in [1.54, 1.807) is 19.2 Å². The summed E-state index contributed by atoms with van der Waals surface area (Å²) in [5.41, 5.74) is 6.70. The monoisotopic (exact) mass is 194 g/mol. The molecule has 1 aromatic rings. The van der Waals surface area contributed by atoms with Crippen LogP contribution in [0.3, 0.4) is 0 Å². The zero-order chi connectivity index (χ0) is 10.8. The van der Waals surface area contributed by atoms with Gasteiger partial charge in [-0.2, -0.15) is 0 Å². The molecule has 0 fully saturated rings. The third-order valence-corrected chi connectivity index (χ3v) is 2.07. The third-order valence-electron chi connectivity index (χ3n) is 2.07. The highest BCUT2D eigenvalue weighted by molar-refractivity contribution is 5.68. The maximum absolute atomic E-state index is 10.6. The number of hydrogen-bond acceptors (Lipinski definition) is 3. The molecule has 0 aliphatic carbocycles. The minimum atomic E-state index is -0.899. The van der Waals surface area contributed by atoms with Crippen LogP contribution in [0.4, 0.5) is 0 Å². The van der Waals surface area contributed by atoms with E-state index in [2.05, 4.69) is 4.98 Å². The molecule has 14 heavy (non-hydrogen) atoms. The largest absolute Gasteiger partial charge is 0.481 e. The highest BCUT2D eigenvalue weighted by Crippen LogP contribution is 2.21. The molecule has 76 valence electrons. The van der Waals surface area contributed by atoms with Gasteiger partial charge in [0.05, 0.1) is 6.42 Å².